The molecule has 0 radical (unpaired) electrons. The van der Waals surface area contributed by atoms with Crippen molar-refractivity contribution < 1.29 is 28.5 Å². The quantitative estimate of drug-likeness (QED) is 0.775. The van der Waals surface area contributed by atoms with Crippen LogP contribution in [0, 0.1) is 5.92 Å². The number of hydrogen-bond donors (Lipinski definition) is 1. The van der Waals surface area contributed by atoms with Crippen molar-refractivity contribution in [2.45, 2.75) is 38.0 Å². The number of hydrogen-bond acceptors (Lipinski definition) is 7. The zero-order chi connectivity index (χ0) is 18.6. The van der Waals surface area contributed by atoms with Gasteiger partial charge in [0.15, 0.2) is 5.79 Å². The molecular formula is C19H25NO6. The van der Waals surface area contributed by atoms with Gasteiger partial charge >= 0.3 is 5.97 Å². The van der Waals surface area contributed by atoms with Gasteiger partial charge in [0.05, 0.1) is 32.8 Å². The zero-order valence-corrected chi connectivity index (χ0v) is 15.2. The van der Waals surface area contributed by atoms with Gasteiger partial charge in [0, 0.05) is 24.9 Å². The Hall–Kier alpha value is -2.12. The van der Waals surface area contributed by atoms with E-state index < -0.39 is 23.7 Å². The van der Waals surface area contributed by atoms with E-state index in [-0.39, 0.29) is 12.4 Å². The van der Waals surface area contributed by atoms with Crippen LogP contribution in [-0.4, -0.2) is 50.5 Å². The maximum Gasteiger partial charge on any atom is 0.329 e. The van der Waals surface area contributed by atoms with Gasteiger partial charge in [0.2, 0.25) is 0 Å². The summed E-state index contributed by atoms with van der Waals surface area (Å²) in [6.07, 6.45) is 1.20. The highest BCUT2D eigenvalue weighted by Gasteiger charge is 2.49. The summed E-state index contributed by atoms with van der Waals surface area (Å²) in [6.45, 7) is 3.02. The SMILES string of the molecule is CCOC(=O)[C@H](Nc1ccc(OC)cc1)[C@@H]1CC2(CCC1=O)OCCO2. The molecule has 1 heterocycles. The molecule has 1 saturated carbocycles. The van der Waals surface area contributed by atoms with Gasteiger partial charge in [-0.25, -0.2) is 4.79 Å². The first kappa shape index (κ1) is 18.7. The highest BCUT2D eigenvalue weighted by atomic mass is 16.7. The first-order valence-corrected chi connectivity index (χ1v) is 8.95. The number of nitrogens with one attached hydrogen (secondary N) is 1. The highest BCUT2D eigenvalue weighted by molar-refractivity contribution is 5.91. The number of methoxy groups -OCH3 is 1. The monoisotopic (exact) mass is 363 g/mol. The van der Waals surface area contributed by atoms with E-state index in [0.29, 0.717) is 43.9 Å². The van der Waals surface area contributed by atoms with Gasteiger partial charge in [0.25, 0.3) is 0 Å². The van der Waals surface area contributed by atoms with Crippen molar-refractivity contribution in [2.75, 3.05) is 32.2 Å². The molecule has 0 aromatic heterocycles. The number of esters is 1. The summed E-state index contributed by atoms with van der Waals surface area (Å²) in [4.78, 5) is 25.2. The third-order valence-electron chi connectivity index (χ3n) is 4.87. The topological polar surface area (TPSA) is 83.1 Å². The molecule has 1 aliphatic carbocycles. The normalized spacial score (nSPS) is 22.8. The molecule has 1 saturated heterocycles. The van der Waals surface area contributed by atoms with Crippen molar-refractivity contribution in [3.63, 3.8) is 0 Å². The molecular weight excluding hydrogens is 338 g/mol. The van der Waals surface area contributed by atoms with Crippen LogP contribution in [0.1, 0.15) is 26.2 Å². The Kier molecular flexibility index (Phi) is 5.78. The Labute approximate surface area is 152 Å². The lowest BCUT2D eigenvalue weighted by molar-refractivity contribution is -0.191. The molecule has 0 unspecified atom stereocenters. The number of ketones is 1. The Morgan fingerprint density at radius 2 is 2.00 bits per heavy atom. The molecule has 0 amide bonds. The van der Waals surface area contributed by atoms with Gasteiger partial charge in [0.1, 0.15) is 17.6 Å². The largest absolute Gasteiger partial charge is 0.497 e. The number of carbonyl (C=O) groups excluding carboxylic acids is 2. The molecule has 2 aliphatic rings. The van der Waals surface area contributed by atoms with Crippen LogP contribution in [0.5, 0.6) is 5.75 Å². The average Bonchev–Trinajstić information content (AvgIpc) is 3.11. The van der Waals surface area contributed by atoms with Crippen LogP contribution in [-0.2, 0) is 23.8 Å². The van der Waals surface area contributed by atoms with Crippen LogP contribution in [0.3, 0.4) is 0 Å². The standard InChI is InChI=1S/C19H25NO6/c1-3-24-18(22)17(20-13-4-6-14(23-2)7-5-13)15-12-19(9-8-16(15)21)25-10-11-26-19/h4-7,15,17,20H,3,8-12H2,1-2H3/t15-,17-/m1/s1. The van der Waals surface area contributed by atoms with Crippen LogP contribution in [0.25, 0.3) is 0 Å². The second kappa shape index (κ2) is 8.05. The lowest BCUT2D eigenvalue weighted by Crippen LogP contribution is -2.50. The van der Waals surface area contributed by atoms with Gasteiger partial charge in [-0.1, -0.05) is 0 Å². The van der Waals surface area contributed by atoms with Gasteiger partial charge in [-0.3, -0.25) is 4.79 Å². The molecule has 142 valence electrons. The number of anilines is 1. The van der Waals surface area contributed by atoms with E-state index in [1.54, 1.807) is 38.3 Å². The van der Waals surface area contributed by atoms with E-state index in [0.717, 1.165) is 0 Å². The fourth-order valence-corrected chi connectivity index (χ4v) is 3.54. The average molecular weight is 363 g/mol. The summed E-state index contributed by atoms with van der Waals surface area (Å²) in [5.74, 6) is -1.04. The second-order valence-electron chi connectivity index (χ2n) is 6.49. The molecule has 1 spiro atoms. The highest BCUT2D eigenvalue weighted by Crippen LogP contribution is 2.39. The Morgan fingerprint density at radius 3 is 2.62 bits per heavy atom. The minimum atomic E-state index is -0.791. The number of benzene rings is 1. The fourth-order valence-electron chi connectivity index (χ4n) is 3.54. The molecule has 1 aliphatic heterocycles. The van der Waals surface area contributed by atoms with Crippen molar-refractivity contribution >= 4 is 17.4 Å². The van der Waals surface area contributed by atoms with Crippen molar-refractivity contribution in [1.82, 2.24) is 0 Å². The summed E-state index contributed by atoms with van der Waals surface area (Å²) < 4.78 is 21.9. The molecule has 1 N–H and O–H groups in total. The van der Waals surface area contributed by atoms with Gasteiger partial charge < -0.3 is 24.3 Å². The van der Waals surface area contributed by atoms with Crippen molar-refractivity contribution in [2.24, 2.45) is 5.92 Å². The lowest BCUT2D eigenvalue weighted by Gasteiger charge is -2.38. The van der Waals surface area contributed by atoms with Crippen LogP contribution in [0.4, 0.5) is 5.69 Å². The van der Waals surface area contributed by atoms with Gasteiger partial charge in [-0.15, -0.1) is 0 Å². The van der Waals surface area contributed by atoms with Crippen molar-refractivity contribution in [3.8, 4) is 5.75 Å². The smallest absolute Gasteiger partial charge is 0.329 e. The number of Topliss-reactive ketones (excluding diaryl/α,β-unsaturated/α-hetero) is 1. The summed E-state index contributed by atoms with van der Waals surface area (Å²) in [7, 11) is 1.59. The molecule has 7 heteroatoms. The van der Waals surface area contributed by atoms with Crippen molar-refractivity contribution in [1.29, 1.82) is 0 Å². The van der Waals surface area contributed by atoms with Gasteiger partial charge in [-0.2, -0.15) is 0 Å². The lowest BCUT2D eigenvalue weighted by atomic mass is 9.79. The molecule has 2 fully saturated rings. The van der Waals surface area contributed by atoms with E-state index in [2.05, 4.69) is 5.32 Å². The van der Waals surface area contributed by atoms with Crippen molar-refractivity contribution in [3.05, 3.63) is 24.3 Å². The van der Waals surface area contributed by atoms with Crippen LogP contribution in [0.15, 0.2) is 24.3 Å². The minimum absolute atomic E-state index is 0.0220. The second-order valence-corrected chi connectivity index (χ2v) is 6.49. The maximum atomic E-state index is 12.6. The summed E-state index contributed by atoms with van der Waals surface area (Å²) in [5.41, 5.74) is 0.713. The maximum absolute atomic E-state index is 12.6. The minimum Gasteiger partial charge on any atom is -0.497 e. The summed E-state index contributed by atoms with van der Waals surface area (Å²) in [5, 5.41) is 3.16. The number of rotatable bonds is 6. The molecule has 7 nitrogen and oxygen atoms in total. The zero-order valence-electron chi connectivity index (χ0n) is 15.2. The molecule has 2 atom stereocenters. The summed E-state index contributed by atoms with van der Waals surface area (Å²) >= 11 is 0. The molecule has 0 bridgehead atoms. The number of ether oxygens (including phenoxy) is 4. The van der Waals surface area contributed by atoms with E-state index in [9.17, 15) is 9.59 Å². The third-order valence-corrected chi connectivity index (χ3v) is 4.87. The summed E-state index contributed by atoms with van der Waals surface area (Å²) in [6, 6.07) is 6.39. The predicted octanol–water partition coefficient (Wildman–Crippen LogP) is 2.15. The molecule has 1 aromatic rings. The van der Waals surface area contributed by atoms with Crippen LogP contribution >= 0.6 is 0 Å². The van der Waals surface area contributed by atoms with E-state index in [4.69, 9.17) is 18.9 Å². The first-order valence-electron chi connectivity index (χ1n) is 8.95. The van der Waals surface area contributed by atoms with E-state index >= 15 is 0 Å². The van der Waals surface area contributed by atoms with Crippen LogP contribution in [0.2, 0.25) is 0 Å². The predicted molar refractivity (Wildman–Crippen MR) is 94.0 cm³/mol. The molecule has 26 heavy (non-hydrogen) atoms. The molecule has 3 rings (SSSR count). The van der Waals surface area contributed by atoms with E-state index in [1.807, 2.05) is 0 Å². The Balaban J connectivity index is 1.81. The third kappa shape index (κ3) is 3.99. The molecule has 1 aromatic carbocycles. The first-order chi connectivity index (χ1) is 12.6. The fraction of sp³-hybridized carbons (Fsp3) is 0.579. The van der Waals surface area contributed by atoms with Gasteiger partial charge in [-0.05, 0) is 31.2 Å². The number of carbonyl (C=O) groups is 2. The van der Waals surface area contributed by atoms with E-state index in [1.165, 1.54) is 0 Å². The Bertz CT molecular complexity index is 638. The van der Waals surface area contributed by atoms with Crippen LogP contribution < -0.4 is 10.1 Å². The Morgan fingerprint density at radius 1 is 1.31 bits per heavy atom.